The maximum Gasteiger partial charge on any atom is 0.259 e. The Kier molecular flexibility index (Phi) is 4.45. The first-order valence-corrected chi connectivity index (χ1v) is 8.87. The third-order valence-electron chi connectivity index (χ3n) is 4.86. The summed E-state index contributed by atoms with van der Waals surface area (Å²) in [5.41, 5.74) is 2.83. The van der Waals surface area contributed by atoms with Crippen LogP contribution in [0, 0.1) is 0 Å². The van der Waals surface area contributed by atoms with Crippen LogP contribution in [0.5, 0.6) is 0 Å². The van der Waals surface area contributed by atoms with Gasteiger partial charge in [0, 0.05) is 24.0 Å². The molecule has 0 spiro atoms. The highest BCUT2D eigenvalue weighted by Gasteiger charge is 2.30. The smallest absolute Gasteiger partial charge is 0.259 e. The van der Waals surface area contributed by atoms with E-state index in [1.54, 1.807) is 4.90 Å². The van der Waals surface area contributed by atoms with Gasteiger partial charge in [0.1, 0.15) is 0 Å². The Balaban J connectivity index is 1.46. The Morgan fingerprint density at radius 2 is 1.73 bits per heavy atom. The molecule has 1 amide bonds. The molecule has 1 unspecified atom stereocenters. The van der Waals surface area contributed by atoms with Gasteiger partial charge in [0.15, 0.2) is 0 Å². The van der Waals surface area contributed by atoms with Crippen LogP contribution >= 0.6 is 0 Å². The number of likely N-dealkylation sites (N-methyl/N-ethyl adjacent to an activating group) is 1. The lowest BCUT2D eigenvalue weighted by molar-refractivity contribution is 0.0940. The van der Waals surface area contributed by atoms with E-state index in [1.807, 2.05) is 61.6 Å². The van der Waals surface area contributed by atoms with Crippen molar-refractivity contribution in [1.82, 2.24) is 4.90 Å². The van der Waals surface area contributed by atoms with E-state index in [1.165, 1.54) is 5.56 Å². The van der Waals surface area contributed by atoms with Crippen LogP contribution in [-0.4, -0.2) is 42.2 Å². The first-order chi connectivity index (χ1) is 12.6. The van der Waals surface area contributed by atoms with Gasteiger partial charge in [-0.3, -0.25) is 9.69 Å². The van der Waals surface area contributed by atoms with Gasteiger partial charge in [-0.15, -0.1) is 0 Å². The Bertz CT molecular complexity index is 934. The minimum Gasteiger partial charge on any atom is -0.390 e. The van der Waals surface area contributed by atoms with E-state index in [0.717, 1.165) is 28.6 Å². The van der Waals surface area contributed by atoms with Gasteiger partial charge in [0.25, 0.3) is 5.91 Å². The molecule has 3 aromatic rings. The van der Waals surface area contributed by atoms with Gasteiger partial charge < -0.3 is 10.0 Å². The number of hydrogen-bond donors (Lipinski definition) is 1. The average molecular weight is 346 g/mol. The molecule has 1 N–H and O–H groups in total. The number of nitrogens with zero attached hydrogens (tertiary/aromatic N) is 2. The molecule has 0 aliphatic carbocycles. The Morgan fingerprint density at radius 1 is 1.00 bits per heavy atom. The van der Waals surface area contributed by atoms with E-state index >= 15 is 0 Å². The van der Waals surface area contributed by atoms with Gasteiger partial charge in [0.05, 0.1) is 18.3 Å². The van der Waals surface area contributed by atoms with Crippen molar-refractivity contribution in [2.24, 2.45) is 0 Å². The van der Waals surface area contributed by atoms with Crippen LogP contribution in [-0.2, 0) is 6.54 Å². The Hall–Kier alpha value is -2.69. The number of anilines is 1. The van der Waals surface area contributed by atoms with Gasteiger partial charge in [-0.25, -0.2) is 0 Å². The quantitative estimate of drug-likeness (QED) is 0.745. The molecule has 26 heavy (non-hydrogen) atoms. The largest absolute Gasteiger partial charge is 0.390 e. The van der Waals surface area contributed by atoms with Crippen molar-refractivity contribution in [1.29, 1.82) is 0 Å². The van der Waals surface area contributed by atoms with Crippen molar-refractivity contribution in [3.05, 3.63) is 77.9 Å². The molecule has 4 rings (SSSR count). The molecule has 4 heteroatoms. The minimum atomic E-state index is -0.614. The summed E-state index contributed by atoms with van der Waals surface area (Å²) in [5, 5.41) is 12.6. The second kappa shape index (κ2) is 6.90. The summed E-state index contributed by atoms with van der Waals surface area (Å²) in [7, 11) is 1.98. The van der Waals surface area contributed by atoms with E-state index < -0.39 is 6.10 Å². The molecule has 0 radical (unpaired) electrons. The van der Waals surface area contributed by atoms with Gasteiger partial charge in [-0.1, -0.05) is 54.6 Å². The van der Waals surface area contributed by atoms with Crippen LogP contribution in [0.15, 0.2) is 66.7 Å². The van der Waals surface area contributed by atoms with Gasteiger partial charge >= 0.3 is 0 Å². The molecule has 0 aromatic heterocycles. The summed E-state index contributed by atoms with van der Waals surface area (Å²) in [4.78, 5) is 16.6. The van der Waals surface area contributed by atoms with E-state index in [9.17, 15) is 9.90 Å². The number of β-amino-alcohol motifs (C(OH)–C–C–N with tert-alkyl or cyclic N) is 1. The number of aliphatic hydroxyl groups is 1. The molecular formula is C22H22N2O2. The SMILES string of the molecule is CN(Cc1ccccc1)CC(O)CN1C(=O)c2cccc3cccc1c23. The summed E-state index contributed by atoms with van der Waals surface area (Å²) < 4.78 is 0. The van der Waals surface area contributed by atoms with Crippen molar-refractivity contribution >= 4 is 22.4 Å². The lowest BCUT2D eigenvalue weighted by Crippen LogP contribution is -2.40. The highest BCUT2D eigenvalue weighted by atomic mass is 16.3. The zero-order valence-electron chi connectivity index (χ0n) is 14.8. The highest BCUT2D eigenvalue weighted by Crippen LogP contribution is 2.37. The van der Waals surface area contributed by atoms with E-state index in [-0.39, 0.29) is 5.91 Å². The standard InChI is InChI=1S/C22H22N2O2/c1-23(13-16-7-3-2-4-8-16)14-18(25)15-24-20-12-6-10-17-9-5-11-19(21(17)20)22(24)26/h2-12,18,25H,13-15H2,1H3. The monoisotopic (exact) mass is 346 g/mol. The fourth-order valence-corrected chi connectivity index (χ4v) is 3.75. The fourth-order valence-electron chi connectivity index (χ4n) is 3.75. The number of carbonyl (C=O) groups excluding carboxylic acids is 1. The maximum absolute atomic E-state index is 12.8. The van der Waals surface area contributed by atoms with Crippen LogP contribution in [0.3, 0.4) is 0 Å². The third-order valence-corrected chi connectivity index (χ3v) is 4.86. The number of hydrogen-bond acceptors (Lipinski definition) is 3. The second-order valence-electron chi connectivity index (χ2n) is 6.93. The van der Waals surface area contributed by atoms with Gasteiger partial charge in [0.2, 0.25) is 0 Å². The first-order valence-electron chi connectivity index (χ1n) is 8.87. The molecule has 3 aromatic carbocycles. The van der Waals surface area contributed by atoms with Crippen molar-refractivity contribution < 1.29 is 9.90 Å². The highest BCUT2D eigenvalue weighted by molar-refractivity contribution is 6.25. The van der Waals surface area contributed by atoms with Crippen molar-refractivity contribution in [3.63, 3.8) is 0 Å². The van der Waals surface area contributed by atoms with Crippen LogP contribution in [0.1, 0.15) is 15.9 Å². The van der Waals surface area contributed by atoms with Gasteiger partial charge in [-0.2, -0.15) is 0 Å². The molecule has 4 nitrogen and oxygen atoms in total. The van der Waals surface area contributed by atoms with Crippen molar-refractivity contribution in [2.45, 2.75) is 12.6 Å². The predicted molar refractivity (Wildman–Crippen MR) is 104 cm³/mol. The summed E-state index contributed by atoms with van der Waals surface area (Å²) in [5.74, 6) is -0.0263. The minimum absolute atomic E-state index is 0.0263. The number of rotatable bonds is 6. The average Bonchev–Trinajstić information content (AvgIpc) is 2.90. The molecule has 1 heterocycles. The molecule has 1 aliphatic heterocycles. The molecule has 0 fully saturated rings. The molecule has 1 atom stereocenters. The molecular weight excluding hydrogens is 324 g/mol. The van der Waals surface area contributed by atoms with Crippen LogP contribution in [0.4, 0.5) is 5.69 Å². The summed E-state index contributed by atoms with van der Waals surface area (Å²) >= 11 is 0. The first kappa shape index (κ1) is 16.8. The molecule has 0 bridgehead atoms. The number of carbonyl (C=O) groups is 1. The number of aliphatic hydroxyl groups excluding tert-OH is 1. The normalized spacial score (nSPS) is 14.4. The zero-order valence-corrected chi connectivity index (χ0v) is 14.8. The van der Waals surface area contributed by atoms with Crippen molar-refractivity contribution in [3.8, 4) is 0 Å². The van der Waals surface area contributed by atoms with Gasteiger partial charge in [-0.05, 0) is 30.1 Å². The van der Waals surface area contributed by atoms with Crippen LogP contribution < -0.4 is 4.90 Å². The fraction of sp³-hybridized carbons (Fsp3) is 0.227. The molecule has 0 saturated carbocycles. The second-order valence-corrected chi connectivity index (χ2v) is 6.93. The maximum atomic E-state index is 12.8. The molecule has 1 aliphatic rings. The number of amides is 1. The zero-order chi connectivity index (χ0) is 18.1. The summed E-state index contributed by atoms with van der Waals surface area (Å²) in [6, 6.07) is 21.9. The van der Waals surface area contributed by atoms with Crippen LogP contribution in [0.2, 0.25) is 0 Å². The molecule has 132 valence electrons. The third kappa shape index (κ3) is 3.09. The number of benzene rings is 3. The van der Waals surface area contributed by atoms with E-state index in [2.05, 4.69) is 17.0 Å². The van der Waals surface area contributed by atoms with E-state index in [0.29, 0.717) is 13.1 Å². The Morgan fingerprint density at radius 3 is 2.50 bits per heavy atom. The predicted octanol–water partition coefficient (Wildman–Crippen LogP) is 3.29. The lowest BCUT2D eigenvalue weighted by atomic mass is 10.1. The Labute approximate surface area is 153 Å². The lowest BCUT2D eigenvalue weighted by Gasteiger charge is -2.25. The molecule has 0 saturated heterocycles. The van der Waals surface area contributed by atoms with Crippen LogP contribution in [0.25, 0.3) is 10.8 Å². The topological polar surface area (TPSA) is 43.8 Å². The van der Waals surface area contributed by atoms with Crippen molar-refractivity contribution in [2.75, 3.05) is 25.0 Å². The summed E-state index contributed by atoms with van der Waals surface area (Å²) in [6.45, 7) is 1.57. The van der Waals surface area contributed by atoms with E-state index in [4.69, 9.17) is 0 Å². The summed E-state index contributed by atoms with van der Waals surface area (Å²) in [6.07, 6.45) is -0.614.